The van der Waals surface area contributed by atoms with Crippen molar-refractivity contribution >= 4 is 45.8 Å². The van der Waals surface area contributed by atoms with Crippen LogP contribution in [0.25, 0.3) is 21.8 Å². The third kappa shape index (κ3) is 6.19. The number of hydrogen-bond donors (Lipinski definition) is 3. The molecule has 5 rings (SSSR count). The van der Waals surface area contributed by atoms with Crippen LogP contribution in [0.15, 0.2) is 54.7 Å². The molecule has 0 aliphatic heterocycles. The highest BCUT2D eigenvalue weighted by Gasteiger charge is 2.17. The van der Waals surface area contributed by atoms with Crippen molar-refractivity contribution in [2.45, 2.75) is 64.2 Å². The molecule has 190 valence electrons. The molecule has 0 atom stereocenters. The van der Waals surface area contributed by atoms with Gasteiger partial charge in [-0.1, -0.05) is 49.2 Å². The van der Waals surface area contributed by atoms with Crippen molar-refractivity contribution in [3.8, 4) is 0 Å². The minimum Gasteiger partial charge on any atom is -0.384 e. The third-order valence-corrected chi connectivity index (χ3v) is 7.19. The molecule has 1 aliphatic rings. The second-order valence-corrected chi connectivity index (χ2v) is 9.69. The van der Waals surface area contributed by atoms with Crippen LogP contribution in [0.3, 0.4) is 0 Å². The molecule has 0 radical (unpaired) electrons. The van der Waals surface area contributed by atoms with Gasteiger partial charge >= 0.3 is 0 Å². The van der Waals surface area contributed by atoms with Crippen LogP contribution in [0, 0.1) is 0 Å². The van der Waals surface area contributed by atoms with E-state index >= 15 is 0 Å². The number of hydrogen-bond acceptors (Lipinski definition) is 3. The Morgan fingerprint density at radius 1 is 0.889 bits per heavy atom. The first-order valence-corrected chi connectivity index (χ1v) is 13.3. The highest BCUT2D eigenvalue weighted by Crippen LogP contribution is 2.33. The SMILES string of the molecule is Cl.O=C(CCCCCCNc1c2c(nc3ccccc13)CCCC2)NCCc1c[nH]c2ccccc12. The fourth-order valence-corrected chi connectivity index (χ4v) is 5.32. The molecular formula is C30H37ClN4O. The van der Waals surface area contributed by atoms with E-state index in [1.807, 2.05) is 6.07 Å². The lowest BCUT2D eigenvalue weighted by atomic mass is 9.92. The molecule has 6 heteroatoms. The summed E-state index contributed by atoms with van der Waals surface area (Å²) in [4.78, 5) is 20.5. The van der Waals surface area contributed by atoms with Crippen LogP contribution in [0.2, 0.25) is 0 Å². The van der Waals surface area contributed by atoms with Crippen molar-refractivity contribution in [2.75, 3.05) is 18.4 Å². The Balaban J connectivity index is 0.00000304. The number of unbranched alkanes of at least 4 members (excludes halogenated alkanes) is 3. The Bertz CT molecular complexity index is 1300. The Labute approximate surface area is 219 Å². The van der Waals surface area contributed by atoms with Gasteiger partial charge in [0.15, 0.2) is 0 Å². The van der Waals surface area contributed by atoms with Gasteiger partial charge in [0.05, 0.1) is 5.52 Å². The Morgan fingerprint density at radius 3 is 2.58 bits per heavy atom. The van der Waals surface area contributed by atoms with E-state index in [1.165, 1.54) is 46.1 Å². The molecule has 2 heterocycles. The molecule has 5 nitrogen and oxygen atoms in total. The van der Waals surface area contributed by atoms with Crippen LogP contribution in [-0.2, 0) is 24.1 Å². The van der Waals surface area contributed by atoms with Gasteiger partial charge < -0.3 is 15.6 Å². The molecule has 3 N–H and O–H groups in total. The summed E-state index contributed by atoms with van der Waals surface area (Å²) in [6, 6.07) is 16.8. The predicted octanol–water partition coefficient (Wildman–Crippen LogP) is 6.74. The zero-order valence-electron chi connectivity index (χ0n) is 20.9. The summed E-state index contributed by atoms with van der Waals surface area (Å²) in [7, 11) is 0. The van der Waals surface area contributed by atoms with Gasteiger partial charge in [0, 0.05) is 53.4 Å². The van der Waals surface area contributed by atoms with Crippen LogP contribution in [0.4, 0.5) is 5.69 Å². The Kier molecular flexibility index (Phi) is 9.23. The second-order valence-electron chi connectivity index (χ2n) is 9.69. The first kappa shape index (κ1) is 26.0. The molecule has 0 fully saturated rings. The van der Waals surface area contributed by atoms with Gasteiger partial charge in [0.25, 0.3) is 0 Å². The number of halogens is 1. The van der Waals surface area contributed by atoms with Gasteiger partial charge in [-0.2, -0.15) is 0 Å². The van der Waals surface area contributed by atoms with Crippen molar-refractivity contribution in [1.29, 1.82) is 0 Å². The van der Waals surface area contributed by atoms with Gasteiger partial charge in [-0.3, -0.25) is 9.78 Å². The van der Waals surface area contributed by atoms with E-state index in [4.69, 9.17) is 4.98 Å². The van der Waals surface area contributed by atoms with E-state index in [1.54, 1.807) is 0 Å². The number of rotatable bonds is 11. The number of aromatic amines is 1. The summed E-state index contributed by atoms with van der Waals surface area (Å²) in [5.41, 5.74) is 7.54. The van der Waals surface area contributed by atoms with E-state index < -0.39 is 0 Å². The maximum Gasteiger partial charge on any atom is 0.220 e. The third-order valence-electron chi connectivity index (χ3n) is 7.19. The number of nitrogens with one attached hydrogen (secondary N) is 3. The fraction of sp³-hybridized carbons (Fsp3) is 0.400. The highest BCUT2D eigenvalue weighted by atomic mass is 35.5. The molecule has 36 heavy (non-hydrogen) atoms. The standard InChI is InChI=1S/C30H36N4O.ClH/c35-29(31-20-18-22-21-33-26-14-7-4-11-23(22)26)17-3-1-2-10-19-32-30-24-12-5-8-15-27(24)34-28-16-9-6-13-25(28)30;/h4-5,7-8,11-12,14-15,21,33H,1-3,6,9-10,13,16-20H2,(H,31,35)(H,32,34);1H. The zero-order chi connectivity index (χ0) is 23.9. The van der Waals surface area contributed by atoms with Gasteiger partial charge in [-0.15, -0.1) is 12.4 Å². The summed E-state index contributed by atoms with van der Waals surface area (Å²) >= 11 is 0. The topological polar surface area (TPSA) is 69.8 Å². The minimum atomic E-state index is 0. The van der Waals surface area contributed by atoms with Gasteiger partial charge in [-0.25, -0.2) is 0 Å². The second kappa shape index (κ2) is 12.8. The maximum atomic E-state index is 12.2. The number of aromatic nitrogens is 2. The van der Waals surface area contributed by atoms with Crippen LogP contribution < -0.4 is 10.6 Å². The minimum absolute atomic E-state index is 0. The molecule has 1 aliphatic carbocycles. The molecule has 0 spiro atoms. The first-order valence-electron chi connectivity index (χ1n) is 13.3. The predicted molar refractivity (Wildman–Crippen MR) is 152 cm³/mol. The van der Waals surface area contributed by atoms with E-state index in [9.17, 15) is 4.79 Å². The lowest BCUT2D eigenvalue weighted by Gasteiger charge is -2.21. The normalized spacial score (nSPS) is 12.8. The number of pyridine rings is 1. The quantitative estimate of drug-likeness (QED) is 0.198. The van der Waals surface area contributed by atoms with Crippen LogP contribution in [0.5, 0.6) is 0 Å². The summed E-state index contributed by atoms with van der Waals surface area (Å²) in [5.74, 6) is 0.165. The average molecular weight is 505 g/mol. The van der Waals surface area contributed by atoms with Gasteiger partial charge in [-0.05, 0) is 68.2 Å². The van der Waals surface area contributed by atoms with Crippen molar-refractivity contribution in [2.24, 2.45) is 0 Å². The monoisotopic (exact) mass is 504 g/mol. The summed E-state index contributed by atoms with van der Waals surface area (Å²) in [5, 5.41) is 9.33. The average Bonchev–Trinajstić information content (AvgIpc) is 3.30. The van der Waals surface area contributed by atoms with E-state index in [0.717, 1.165) is 62.5 Å². The fourth-order valence-electron chi connectivity index (χ4n) is 5.32. The summed E-state index contributed by atoms with van der Waals surface area (Å²) in [6.07, 6.45) is 12.5. The number of H-pyrrole nitrogens is 1. The molecular weight excluding hydrogens is 468 g/mol. The summed E-state index contributed by atoms with van der Waals surface area (Å²) in [6.45, 7) is 1.66. The van der Waals surface area contributed by atoms with Crippen molar-refractivity contribution in [1.82, 2.24) is 15.3 Å². The number of nitrogens with zero attached hydrogens (tertiary/aromatic N) is 1. The number of amides is 1. The van der Waals surface area contributed by atoms with Gasteiger partial charge in [0.2, 0.25) is 5.91 Å². The molecule has 1 amide bonds. The molecule has 2 aromatic carbocycles. The van der Waals surface area contributed by atoms with Gasteiger partial charge in [0.1, 0.15) is 0 Å². The summed E-state index contributed by atoms with van der Waals surface area (Å²) < 4.78 is 0. The van der Waals surface area contributed by atoms with E-state index in [-0.39, 0.29) is 18.3 Å². The molecule has 4 aromatic rings. The first-order chi connectivity index (χ1) is 17.3. The number of carbonyl (C=O) groups is 1. The van der Waals surface area contributed by atoms with Crippen molar-refractivity contribution in [3.63, 3.8) is 0 Å². The van der Waals surface area contributed by atoms with Crippen LogP contribution in [-0.4, -0.2) is 29.0 Å². The molecule has 2 aromatic heterocycles. The van der Waals surface area contributed by atoms with E-state index in [0.29, 0.717) is 13.0 Å². The molecule has 0 saturated heterocycles. The number of anilines is 1. The zero-order valence-corrected chi connectivity index (χ0v) is 21.8. The lowest BCUT2D eigenvalue weighted by molar-refractivity contribution is -0.121. The maximum absolute atomic E-state index is 12.2. The Morgan fingerprint density at radius 2 is 1.67 bits per heavy atom. The smallest absolute Gasteiger partial charge is 0.220 e. The molecule has 0 unspecified atom stereocenters. The number of para-hydroxylation sites is 2. The van der Waals surface area contributed by atoms with Crippen LogP contribution in [0.1, 0.15) is 61.8 Å². The Hall–Kier alpha value is -3.05. The highest BCUT2D eigenvalue weighted by molar-refractivity contribution is 5.93. The largest absolute Gasteiger partial charge is 0.384 e. The lowest BCUT2D eigenvalue weighted by Crippen LogP contribution is -2.25. The molecule has 0 saturated carbocycles. The van der Waals surface area contributed by atoms with Crippen molar-refractivity contribution < 1.29 is 4.79 Å². The number of benzene rings is 2. The number of carbonyl (C=O) groups excluding carboxylic acids is 1. The van der Waals surface area contributed by atoms with Crippen molar-refractivity contribution in [3.05, 3.63) is 71.5 Å². The van der Waals surface area contributed by atoms with Crippen LogP contribution >= 0.6 is 12.4 Å². The molecule has 0 bridgehead atoms. The number of aryl methyl sites for hydroxylation is 1. The number of fused-ring (bicyclic) bond motifs is 3. The van der Waals surface area contributed by atoms with E-state index in [2.05, 4.69) is 64.3 Å².